The van der Waals surface area contributed by atoms with Gasteiger partial charge in [0.1, 0.15) is 12.4 Å². The van der Waals surface area contributed by atoms with E-state index in [1.165, 1.54) is 5.56 Å². The van der Waals surface area contributed by atoms with Gasteiger partial charge in [0, 0.05) is 19.7 Å². The lowest BCUT2D eigenvalue weighted by Gasteiger charge is -2.09. The highest BCUT2D eigenvalue weighted by Gasteiger charge is 1.95. The Bertz CT molecular complexity index is 339. The number of benzene rings is 1. The van der Waals surface area contributed by atoms with E-state index in [4.69, 9.17) is 9.47 Å². The van der Waals surface area contributed by atoms with Gasteiger partial charge in [0.05, 0.1) is 6.61 Å². The molecule has 0 heterocycles. The molecule has 1 N–H and O–H groups in total. The van der Waals surface area contributed by atoms with Gasteiger partial charge in [0.25, 0.3) is 0 Å². The summed E-state index contributed by atoms with van der Waals surface area (Å²) in [5, 5.41) is 3.31. The normalized spacial score (nSPS) is 10.9. The van der Waals surface area contributed by atoms with Crippen LogP contribution in [0.25, 0.3) is 0 Å². The Morgan fingerprint density at radius 1 is 1.11 bits per heavy atom. The molecule has 3 heteroatoms. The Morgan fingerprint density at radius 3 is 2.63 bits per heavy atom. The summed E-state index contributed by atoms with van der Waals surface area (Å²) in [6, 6.07) is 8.12. The summed E-state index contributed by atoms with van der Waals surface area (Å²) in [5.41, 5.74) is 1.23. The third-order valence-corrected chi connectivity index (χ3v) is 2.80. The minimum absolute atomic E-state index is 0.690. The van der Waals surface area contributed by atoms with E-state index < -0.39 is 0 Å². The molecule has 1 aromatic rings. The predicted octanol–water partition coefficient (Wildman–Crippen LogP) is 3.03. The van der Waals surface area contributed by atoms with Crippen LogP contribution in [0, 0.1) is 12.8 Å². The van der Waals surface area contributed by atoms with Crippen molar-refractivity contribution in [3.63, 3.8) is 0 Å². The molecular weight excluding hydrogens is 238 g/mol. The van der Waals surface area contributed by atoms with Crippen LogP contribution in [0.1, 0.15) is 25.8 Å². The maximum absolute atomic E-state index is 5.64. The van der Waals surface area contributed by atoms with Gasteiger partial charge in [-0.1, -0.05) is 26.0 Å². The van der Waals surface area contributed by atoms with Crippen molar-refractivity contribution in [3.05, 3.63) is 29.8 Å². The van der Waals surface area contributed by atoms with E-state index in [9.17, 15) is 0 Å². The van der Waals surface area contributed by atoms with Gasteiger partial charge in [-0.25, -0.2) is 0 Å². The highest BCUT2D eigenvalue weighted by atomic mass is 16.5. The number of nitrogens with one attached hydrogen (secondary N) is 1. The first-order valence-electron chi connectivity index (χ1n) is 7.16. The molecule has 3 nitrogen and oxygen atoms in total. The molecule has 0 aromatic heterocycles. The Balaban J connectivity index is 1.91. The fourth-order valence-electron chi connectivity index (χ4n) is 1.64. The molecule has 108 valence electrons. The topological polar surface area (TPSA) is 30.5 Å². The molecule has 19 heavy (non-hydrogen) atoms. The number of rotatable bonds is 10. The van der Waals surface area contributed by atoms with Crippen LogP contribution in [0.15, 0.2) is 24.3 Å². The number of hydrogen-bond donors (Lipinski definition) is 1. The fourth-order valence-corrected chi connectivity index (χ4v) is 1.64. The Morgan fingerprint density at radius 2 is 1.89 bits per heavy atom. The molecule has 0 saturated carbocycles. The van der Waals surface area contributed by atoms with Gasteiger partial charge < -0.3 is 14.8 Å². The van der Waals surface area contributed by atoms with Gasteiger partial charge in [-0.3, -0.25) is 0 Å². The van der Waals surface area contributed by atoms with E-state index in [2.05, 4.69) is 38.2 Å². The second kappa shape index (κ2) is 9.82. The van der Waals surface area contributed by atoms with Crippen LogP contribution in [0.2, 0.25) is 0 Å². The van der Waals surface area contributed by atoms with Gasteiger partial charge in [-0.15, -0.1) is 0 Å². The lowest BCUT2D eigenvalue weighted by molar-refractivity contribution is 0.124. The summed E-state index contributed by atoms with van der Waals surface area (Å²) in [6.45, 7) is 10.6. The predicted molar refractivity (Wildman–Crippen MR) is 79.8 cm³/mol. The third-order valence-electron chi connectivity index (χ3n) is 2.80. The molecule has 1 aromatic carbocycles. The first-order chi connectivity index (χ1) is 9.18. The van der Waals surface area contributed by atoms with E-state index in [1.54, 1.807) is 0 Å². The van der Waals surface area contributed by atoms with Crippen molar-refractivity contribution >= 4 is 0 Å². The van der Waals surface area contributed by atoms with E-state index in [-0.39, 0.29) is 0 Å². The molecule has 0 atom stereocenters. The van der Waals surface area contributed by atoms with Crippen molar-refractivity contribution in [2.24, 2.45) is 5.92 Å². The summed E-state index contributed by atoms with van der Waals surface area (Å²) in [7, 11) is 0. The third kappa shape index (κ3) is 8.62. The lowest BCUT2D eigenvalue weighted by Crippen LogP contribution is -2.25. The van der Waals surface area contributed by atoms with Crippen LogP contribution in [0.3, 0.4) is 0 Å². The van der Waals surface area contributed by atoms with Crippen LogP contribution < -0.4 is 10.1 Å². The van der Waals surface area contributed by atoms with Gasteiger partial charge in [0.2, 0.25) is 0 Å². The standard InChI is InChI=1S/C16H27NO2/c1-14(2)7-10-18-11-8-17-9-12-19-16-6-4-5-15(3)13-16/h4-6,13-14,17H,7-12H2,1-3H3. The molecule has 1 rings (SSSR count). The van der Waals surface area contributed by atoms with Crippen molar-refractivity contribution in [2.45, 2.75) is 27.2 Å². The van der Waals surface area contributed by atoms with E-state index in [1.807, 2.05) is 12.1 Å². The zero-order chi connectivity index (χ0) is 13.9. The molecule has 0 bridgehead atoms. The zero-order valence-electron chi connectivity index (χ0n) is 12.4. The Hall–Kier alpha value is -1.06. The first kappa shape index (κ1) is 16.0. The van der Waals surface area contributed by atoms with Crippen LogP contribution in [-0.2, 0) is 4.74 Å². The molecule has 0 aliphatic rings. The molecule has 0 aliphatic carbocycles. The fraction of sp³-hybridized carbons (Fsp3) is 0.625. The minimum Gasteiger partial charge on any atom is -0.492 e. The maximum Gasteiger partial charge on any atom is 0.119 e. The first-order valence-corrected chi connectivity index (χ1v) is 7.16. The SMILES string of the molecule is Cc1cccc(OCCNCCOCCC(C)C)c1. The van der Waals surface area contributed by atoms with Crippen LogP contribution in [0.5, 0.6) is 5.75 Å². The molecule has 0 amide bonds. The van der Waals surface area contributed by atoms with Crippen LogP contribution in [-0.4, -0.2) is 32.9 Å². The summed E-state index contributed by atoms with van der Waals surface area (Å²) in [5.74, 6) is 1.66. The summed E-state index contributed by atoms with van der Waals surface area (Å²) in [6.07, 6.45) is 1.14. The second-order valence-electron chi connectivity index (χ2n) is 5.21. The summed E-state index contributed by atoms with van der Waals surface area (Å²) >= 11 is 0. The van der Waals surface area contributed by atoms with Crippen molar-refractivity contribution in [1.29, 1.82) is 0 Å². The second-order valence-corrected chi connectivity index (χ2v) is 5.21. The molecule has 0 saturated heterocycles. The minimum atomic E-state index is 0.690. The number of ether oxygens (including phenoxy) is 2. The molecule has 0 radical (unpaired) electrons. The average molecular weight is 265 g/mol. The Kier molecular flexibility index (Phi) is 8.26. The van der Waals surface area contributed by atoms with E-state index >= 15 is 0 Å². The quantitative estimate of drug-likeness (QED) is 0.660. The van der Waals surface area contributed by atoms with Crippen molar-refractivity contribution < 1.29 is 9.47 Å². The Labute approximate surface area is 117 Å². The molecule has 0 unspecified atom stereocenters. The smallest absolute Gasteiger partial charge is 0.119 e. The van der Waals surface area contributed by atoms with Crippen molar-refractivity contribution in [3.8, 4) is 5.75 Å². The number of aryl methyl sites for hydroxylation is 1. The van der Waals surface area contributed by atoms with Gasteiger partial charge in [-0.05, 0) is 37.0 Å². The molecule has 0 spiro atoms. The average Bonchev–Trinajstić information content (AvgIpc) is 2.36. The largest absolute Gasteiger partial charge is 0.492 e. The lowest BCUT2D eigenvalue weighted by atomic mass is 10.1. The zero-order valence-corrected chi connectivity index (χ0v) is 12.4. The van der Waals surface area contributed by atoms with Crippen LogP contribution in [0.4, 0.5) is 0 Å². The maximum atomic E-state index is 5.64. The van der Waals surface area contributed by atoms with Crippen molar-refractivity contribution in [1.82, 2.24) is 5.32 Å². The molecule has 0 fully saturated rings. The summed E-state index contributed by atoms with van der Waals surface area (Å²) < 4.78 is 11.2. The number of hydrogen-bond acceptors (Lipinski definition) is 3. The molecular formula is C16H27NO2. The van der Waals surface area contributed by atoms with Crippen LogP contribution >= 0.6 is 0 Å². The van der Waals surface area contributed by atoms with Gasteiger partial charge >= 0.3 is 0 Å². The summed E-state index contributed by atoms with van der Waals surface area (Å²) in [4.78, 5) is 0. The highest BCUT2D eigenvalue weighted by molar-refractivity contribution is 5.27. The van der Waals surface area contributed by atoms with E-state index in [0.717, 1.165) is 44.4 Å². The monoisotopic (exact) mass is 265 g/mol. The highest BCUT2D eigenvalue weighted by Crippen LogP contribution is 2.11. The van der Waals surface area contributed by atoms with Gasteiger partial charge in [-0.2, -0.15) is 0 Å². The van der Waals surface area contributed by atoms with Crippen molar-refractivity contribution in [2.75, 3.05) is 32.9 Å². The van der Waals surface area contributed by atoms with Gasteiger partial charge in [0.15, 0.2) is 0 Å². The van der Waals surface area contributed by atoms with E-state index in [0.29, 0.717) is 6.61 Å². The molecule has 0 aliphatic heterocycles.